The summed E-state index contributed by atoms with van der Waals surface area (Å²) >= 11 is 0. The molecule has 0 spiro atoms. The molecule has 1 heterocycles. The molecule has 1 aromatic carbocycles. The third-order valence-electron chi connectivity index (χ3n) is 4.43. The van der Waals surface area contributed by atoms with Crippen LogP contribution in [0.15, 0.2) is 35.3 Å². The predicted octanol–water partition coefficient (Wildman–Crippen LogP) is 3.32. The first-order chi connectivity index (χ1) is 12.6. The molecule has 0 bridgehead atoms. The van der Waals surface area contributed by atoms with Crippen molar-refractivity contribution >= 4 is 29.9 Å². The summed E-state index contributed by atoms with van der Waals surface area (Å²) in [7, 11) is 3.76. The summed E-state index contributed by atoms with van der Waals surface area (Å²) in [6.45, 7) is 7.18. The Bertz CT molecular complexity index is 700. The van der Waals surface area contributed by atoms with E-state index in [9.17, 15) is 0 Å². The van der Waals surface area contributed by atoms with Gasteiger partial charge in [-0.05, 0) is 32.3 Å². The van der Waals surface area contributed by atoms with Gasteiger partial charge in [0.05, 0.1) is 12.3 Å². The number of unbranched alkanes of at least 4 members (excludes halogenated alkanes) is 1. The Morgan fingerprint density at radius 2 is 1.89 bits per heavy atom. The molecule has 0 aliphatic heterocycles. The van der Waals surface area contributed by atoms with Gasteiger partial charge in [-0.3, -0.25) is 9.67 Å². The zero-order valence-corrected chi connectivity index (χ0v) is 19.1. The number of halogens is 1. The Hall–Kier alpha value is -1.61. The molecule has 2 N–H and O–H groups in total. The summed E-state index contributed by atoms with van der Waals surface area (Å²) in [5.41, 5.74) is 4.69. The largest absolute Gasteiger partial charge is 0.377 e. The second kappa shape index (κ2) is 12.7. The molecule has 0 fully saturated rings. The van der Waals surface area contributed by atoms with Crippen molar-refractivity contribution in [3.63, 3.8) is 0 Å². The molecular weight excluding hydrogens is 453 g/mol. The third kappa shape index (κ3) is 7.88. The Labute approximate surface area is 179 Å². The highest BCUT2D eigenvalue weighted by Crippen LogP contribution is 2.11. The maximum Gasteiger partial charge on any atom is 0.191 e. The van der Waals surface area contributed by atoms with Gasteiger partial charge < -0.3 is 15.4 Å². The number of aliphatic imine (C=N–C) groups is 1. The summed E-state index contributed by atoms with van der Waals surface area (Å²) in [6, 6.07) is 10.3. The molecule has 150 valence electrons. The minimum Gasteiger partial charge on any atom is -0.377 e. The fourth-order valence-corrected chi connectivity index (χ4v) is 2.77. The van der Waals surface area contributed by atoms with Gasteiger partial charge in [-0.1, -0.05) is 30.3 Å². The lowest BCUT2D eigenvalue weighted by Gasteiger charge is -2.12. The Kier molecular flexibility index (Phi) is 11.0. The first kappa shape index (κ1) is 23.4. The zero-order valence-electron chi connectivity index (χ0n) is 16.8. The van der Waals surface area contributed by atoms with Crippen molar-refractivity contribution in [1.82, 2.24) is 20.4 Å². The van der Waals surface area contributed by atoms with Gasteiger partial charge in [0.2, 0.25) is 0 Å². The van der Waals surface area contributed by atoms with Crippen LogP contribution in [-0.2, 0) is 24.9 Å². The summed E-state index contributed by atoms with van der Waals surface area (Å²) in [6.07, 6.45) is 2.07. The fraction of sp³-hybridized carbons (Fsp3) is 0.500. The van der Waals surface area contributed by atoms with E-state index in [1.54, 1.807) is 7.05 Å². The number of ether oxygens (including phenoxy) is 1. The predicted molar refractivity (Wildman–Crippen MR) is 122 cm³/mol. The SMILES string of the molecule is CN=C(NCCCCOCc1ccccc1)NCc1c(C)nn(C)c1C.I. The van der Waals surface area contributed by atoms with Gasteiger partial charge in [-0.15, -0.1) is 24.0 Å². The summed E-state index contributed by atoms with van der Waals surface area (Å²) in [5.74, 6) is 0.817. The van der Waals surface area contributed by atoms with E-state index < -0.39 is 0 Å². The lowest BCUT2D eigenvalue weighted by molar-refractivity contribution is 0.117. The Balaban J connectivity index is 0.00000364. The average Bonchev–Trinajstić information content (AvgIpc) is 2.89. The van der Waals surface area contributed by atoms with E-state index in [4.69, 9.17) is 4.74 Å². The van der Waals surface area contributed by atoms with Crippen molar-refractivity contribution in [3.8, 4) is 0 Å². The van der Waals surface area contributed by atoms with Crippen LogP contribution in [0.2, 0.25) is 0 Å². The number of nitrogens with zero attached hydrogens (tertiary/aromatic N) is 3. The number of nitrogens with one attached hydrogen (secondary N) is 2. The van der Waals surface area contributed by atoms with E-state index in [0.717, 1.165) is 44.2 Å². The number of rotatable bonds is 9. The molecule has 6 nitrogen and oxygen atoms in total. The summed E-state index contributed by atoms with van der Waals surface area (Å²) in [4.78, 5) is 4.28. The standard InChI is InChI=1S/C20H31N5O.HI/c1-16-19(17(2)25(4)24-16)14-23-20(21-3)22-12-8-9-13-26-15-18-10-6-5-7-11-18;/h5-7,10-11H,8-9,12-15H2,1-4H3,(H2,21,22,23);1H. The van der Waals surface area contributed by atoms with E-state index in [-0.39, 0.29) is 24.0 Å². The zero-order chi connectivity index (χ0) is 18.8. The molecule has 1 aromatic heterocycles. The highest BCUT2D eigenvalue weighted by molar-refractivity contribution is 14.0. The number of aromatic nitrogens is 2. The quantitative estimate of drug-likeness (QED) is 0.248. The third-order valence-corrected chi connectivity index (χ3v) is 4.43. The number of hydrogen-bond acceptors (Lipinski definition) is 3. The fourth-order valence-electron chi connectivity index (χ4n) is 2.77. The van der Waals surface area contributed by atoms with E-state index in [0.29, 0.717) is 6.61 Å². The number of aryl methyl sites for hydroxylation is 2. The first-order valence-electron chi connectivity index (χ1n) is 9.17. The van der Waals surface area contributed by atoms with Crippen molar-refractivity contribution in [3.05, 3.63) is 52.8 Å². The molecule has 0 atom stereocenters. The van der Waals surface area contributed by atoms with Crippen LogP contribution in [0, 0.1) is 13.8 Å². The molecule has 7 heteroatoms. The second-order valence-electron chi connectivity index (χ2n) is 6.37. The smallest absolute Gasteiger partial charge is 0.191 e. The Morgan fingerprint density at radius 1 is 1.15 bits per heavy atom. The number of benzene rings is 1. The van der Waals surface area contributed by atoms with Crippen molar-refractivity contribution < 1.29 is 4.74 Å². The second-order valence-corrected chi connectivity index (χ2v) is 6.37. The molecule has 0 saturated heterocycles. The highest BCUT2D eigenvalue weighted by Gasteiger charge is 2.09. The van der Waals surface area contributed by atoms with Gasteiger partial charge in [0, 0.05) is 45.0 Å². The van der Waals surface area contributed by atoms with E-state index in [2.05, 4.69) is 39.8 Å². The lowest BCUT2D eigenvalue weighted by Crippen LogP contribution is -2.37. The van der Waals surface area contributed by atoms with E-state index in [1.165, 1.54) is 16.8 Å². The van der Waals surface area contributed by atoms with Gasteiger partial charge >= 0.3 is 0 Å². The van der Waals surface area contributed by atoms with Crippen molar-refractivity contribution in [2.75, 3.05) is 20.2 Å². The minimum atomic E-state index is 0. The van der Waals surface area contributed by atoms with Crippen molar-refractivity contribution in [2.45, 2.75) is 39.8 Å². The first-order valence-corrected chi connectivity index (χ1v) is 9.17. The molecule has 0 saturated carbocycles. The van der Waals surface area contributed by atoms with Gasteiger partial charge in [0.25, 0.3) is 0 Å². The number of hydrogen-bond donors (Lipinski definition) is 2. The van der Waals surface area contributed by atoms with Crippen LogP contribution in [0.4, 0.5) is 0 Å². The monoisotopic (exact) mass is 485 g/mol. The van der Waals surface area contributed by atoms with Crippen LogP contribution in [0.1, 0.15) is 35.4 Å². The molecule has 0 radical (unpaired) electrons. The molecule has 0 unspecified atom stereocenters. The topological polar surface area (TPSA) is 63.5 Å². The highest BCUT2D eigenvalue weighted by atomic mass is 127. The molecular formula is C20H32IN5O. The normalized spacial score (nSPS) is 11.2. The molecule has 0 amide bonds. The van der Waals surface area contributed by atoms with Crippen molar-refractivity contribution in [1.29, 1.82) is 0 Å². The lowest BCUT2D eigenvalue weighted by atomic mass is 10.2. The van der Waals surface area contributed by atoms with Crippen LogP contribution >= 0.6 is 24.0 Å². The van der Waals surface area contributed by atoms with E-state index >= 15 is 0 Å². The minimum absolute atomic E-state index is 0. The molecule has 0 aliphatic rings. The van der Waals surface area contributed by atoms with Gasteiger partial charge in [-0.25, -0.2) is 0 Å². The Morgan fingerprint density at radius 3 is 2.52 bits per heavy atom. The molecule has 27 heavy (non-hydrogen) atoms. The summed E-state index contributed by atoms with van der Waals surface area (Å²) in [5, 5.41) is 11.2. The van der Waals surface area contributed by atoms with Gasteiger partial charge in [0.15, 0.2) is 5.96 Å². The van der Waals surface area contributed by atoms with Gasteiger partial charge in [0.1, 0.15) is 0 Å². The summed E-state index contributed by atoms with van der Waals surface area (Å²) < 4.78 is 7.62. The van der Waals surface area contributed by atoms with Crippen molar-refractivity contribution in [2.24, 2.45) is 12.0 Å². The number of guanidine groups is 1. The maximum absolute atomic E-state index is 5.70. The van der Waals surface area contributed by atoms with Crippen LogP contribution in [0.5, 0.6) is 0 Å². The van der Waals surface area contributed by atoms with E-state index in [1.807, 2.05) is 36.9 Å². The maximum atomic E-state index is 5.70. The molecule has 2 rings (SSSR count). The molecule has 0 aliphatic carbocycles. The van der Waals surface area contributed by atoms with Crippen LogP contribution in [0.25, 0.3) is 0 Å². The van der Waals surface area contributed by atoms with Crippen LogP contribution in [0.3, 0.4) is 0 Å². The van der Waals surface area contributed by atoms with Crippen LogP contribution < -0.4 is 10.6 Å². The van der Waals surface area contributed by atoms with Crippen LogP contribution in [-0.4, -0.2) is 35.9 Å². The average molecular weight is 485 g/mol. The van der Waals surface area contributed by atoms with Gasteiger partial charge in [-0.2, -0.15) is 5.10 Å². The molecule has 2 aromatic rings.